The standard InChI is InChI=1S/C76H148O17P2/c1-6-9-12-15-18-20-22-24-25-26-27-28-29-30-31-32-34-36-42-47-52-57-62-76(81)93-72(66-87-74(79)60-55-50-45-40-38-37-39-44-48-53-58-69(4)5)68-91-95(84,85)89-64-70(77)63-88-94(82,83)90-67-71(65-86-73(78)59-54-49-43-17-14-11-8-3)92-75(80)61-56-51-46-41-35-33-23-21-19-16-13-10-7-2/h69-72,77H,6-68H2,1-5H3,(H,82,83)(H,84,85)/t70-,71+,72+/m0/s1. The molecule has 0 aromatic rings. The van der Waals surface area contributed by atoms with Crippen molar-refractivity contribution < 1.29 is 80.2 Å². The first-order chi connectivity index (χ1) is 46.0. The van der Waals surface area contributed by atoms with Crippen molar-refractivity contribution in [3.8, 4) is 0 Å². The van der Waals surface area contributed by atoms with Crippen molar-refractivity contribution in [1.82, 2.24) is 0 Å². The van der Waals surface area contributed by atoms with E-state index in [4.69, 9.17) is 37.0 Å². The van der Waals surface area contributed by atoms with Crippen molar-refractivity contribution >= 4 is 39.5 Å². The molecular weight excluding hydrogens is 1250 g/mol. The summed E-state index contributed by atoms with van der Waals surface area (Å²) in [5.74, 6) is -1.36. The van der Waals surface area contributed by atoms with Crippen LogP contribution < -0.4 is 0 Å². The molecule has 0 rings (SSSR count). The van der Waals surface area contributed by atoms with Crippen LogP contribution in [-0.4, -0.2) is 96.7 Å². The summed E-state index contributed by atoms with van der Waals surface area (Å²) in [6.45, 7) is 7.24. The largest absolute Gasteiger partial charge is 0.472 e. The Morgan fingerprint density at radius 1 is 0.284 bits per heavy atom. The average molecular weight is 1400 g/mol. The normalized spacial score (nSPS) is 13.9. The van der Waals surface area contributed by atoms with Crippen LogP contribution in [0.3, 0.4) is 0 Å². The molecule has 0 spiro atoms. The quantitative estimate of drug-likeness (QED) is 0.0222. The highest BCUT2D eigenvalue weighted by molar-refractivity contribution is 7.47. The van der Waals surface area contributed by atoms with Gasteiger partial charge in [-0.25, -0.2) is 9.13 Å². The molecule has 0 saturated heterocycles. The maximum Gasteiger partial charge on any atom is 0.472 e. The molecule has 0 saturated carbocycles. The molecule has 0 heterocycles. The Hall–Kier alpha value is -1.94. The van der Waals surface area contributed by atoms with Crippen molar-refractivity contribution in [2.75, 3.05) is 39.6 Å². The summed E-state index contributed by atoms with van der Waals surface area (Å²) in [5, 5.41) is 10.6. The van der Waals surface area contributed by atoms with Gasteiger partial charge in [0, 0.05) is 25.7 Å². The molecule has 0 radical (unpaired) electrons. The fraction of sp³-hybridized carbons (Fsp3) is 0.947. The third-order valence-corrected chi connectivity index (χ3v) is 19.7. The van der Waals surface area contributed by atoms with Gasteiger partial charge in [-0.05, 0) is 31.6 Å². The van der Waals surface area contributed by atoms with Gasteiger partial charge in [0.05, 0.1) is 26.4 Å². The van der Waals surface area contributed by atoms with Crippen molar-refractivity contribution in [3.05, 3.63) is 0 Å². The summed E-state index contributed by atoms with van der Waals surface area (Å²) in [6.07, 6.45) is 58.5. The smallest absolute Gasteiger partial charge is 0.462 e. The molecule has 0 aromatic carbocycles. The molecule has 564 valence electrons. The van der Waals surface area contributed by atoms with Gasteiger partial charge in [0.25, 0.3) is 0 Å². The first-order valence-electron chi connectivity index (χ1n) is 39.6. The van der Waals surface area contributed by atoms with E-state index in [2.05, 4.69) is 34.6 Å². The molecule has 3 N–H and O–H groups in total. The first-order valence-corrected chi connectivity index (χ1v) is 42.6. The second-order valence-electron chi connectivity index (χ2n) is 27.9. The van der Waals surface area contributed by atoms with Gasteiger partial charge >= 0.3 is 39.5 Å². The Bertz CT molecular complexity index is 1820. The second kappa shape index (κ2) is 69.2. The molecule has 19 heteroatoms. The number of phosphoric acid groups is 2. The highest BCUT2D eigenvalue weighted by Gasteiger charge is 2.30. The lowest BCUT2D eigenvalue weighted by atomic mass is 10.0. The van der Waals surface area contributed by atoms with Gasteiger partial charge < -0.3 is 33.8 Å². The van der Waals surface area contributed by atoms with E-state index in [0.717, 1.165) is 109 Å². The van der Waals surface area contributed by atoms with Crippen LogP contribution in [-0.2, 0) is 65.4 Å². The summed E-state index contributed by atoms with van der Waals surface area (Å²) in [4.78, 5) is 72.6. The SMILES string of the molecule is CCCCCCCCCCCCCCCCCCCCCCCCC(=O)O[C@H](COC(=O)CCCCCCCCCCCCC(C)C)COP(=O)(O)OC[C@@H](O)COP(=O)(O)OC[C@@H](COC(=O)CCCCCCCCC)OC(=O)CCCCCCCCCCCCCCC. The zero-order chi connectivity index (χ0) is 69.8. The summed E-state index contributed by atoms with van der Waals surface area (Å²) in [5.41, 5.74) is 0. The van der Waals surface area contributed by atoms with E-state index in [1.54, 1.807) is 0 Å². The lowest BCUT2D eigenvalue weighted by molar-refractivity contribution is -0.161. The van der Waals surface area contributed by atoms with Gasteiger partial charge in [0.1, 0.15) is 19.3 Å². The maximum absolute atomic E-state index is 13.1. The molecule has 0 aliphatic rings. The topological polar surface area (TPSA) is 237 Å². The van der Waals surface area contributed by atoms with Crippen LogP contribution in [0.15, 0.2) is 0 Å². The highest BCUT2D eigenvalue weighted by atomic mass is 31.2. The van der Waals surface area contributed by atoms with Crippen LogP contribution in [0.1, 0.15) is 401 Å². The number of carbonyl (C=O) groups is 4. The number of ether oxygens (including phenoxy) is 4. The average Bonchev–Trinajstić information content (AvgIpc) is 2.01. The van der Waals surface area contributed by atoms with Crippen LogP contribution in [0.4, 0.5) is 0 Å². The Morgan fingerprint density at radius 3 is 0.716 bits per heavy atom. The summed E-state index contributed by atoms with van der Waals surface area (Å²) in [6, 6.07) is 0. The Morgan fingerprint density at radius 2 is 0.484 bits per heavy atom. The fourth-order valence-corrected chi connectivity index (χ4v) is 13.3. The van der Waals surface area contributed by atoms with E-state index in [-0.39, 0.29) is 25.7 Å². The van der Waals surface area contributed by atoms with Gasteiger partial charge in [-0.15, -0.1) is 0 Å². The van der Waals surface area contributed by atoms with E-state index in [0.29, 0.717) is 25.7 Å². The van der Waals surface area contributed by atoms with E-state index in [9.17, 15) is 43.2 Å². The van der Waals surface area contributed by atoms with Crippen LogP contribution >= 0.6 is 15.6 Å². The van der Waals surface area contributed by atoms with Gasteiger partial charge in [-0.1, -0.05) is 349 Å². The highest BCUT2D eigenvalue weighted by Crippen LogP contribution is 2.45. The van der Waals surface area contributed by atoms with Gasteiger partial charge in [-0.2, -0.15) is 0 Å². The fourth-order valence-electron chi connectivity index (χ4n) is 11.7. The first kappa shape index (κ1) is 93.1. The molecule has 95 heavy (non-hydrogen) atoms. The van der Waals surface area contributed by atoms with Crippen molar-refractivity contribution in [3.63, 3.8) is 0 Å². The lowest BCUT2D eigenvalue weighted by Gasteiger charge is -2.21. The second-order valence-corrected chi connectivity index (χ2v) is 30.8. The van der Waals surface area contributed by atoms with Crippen molar-refractivity contribution in [2.24, 2.45) is 5.92 Å². The molecule has 0 fully saturated rings. The number of esters is 4. The molecule has 17 nitrogen and oxygen atoms in total. The lowest BCUT2D eigenvalue weighted by Crippen LogP contribution is -2.30. The van der Waals surface area contributed by atoms with E-state index in [1.807, 2.05) is 0 Å². The maximum atomic E-state index is 13.1. The number of hydrogen-bond acceptors (Lipinski definition) is 15. The number of aliphatic hydroxyl groups is 1. The minimum absolute atomic E-state index is 0.107. The zero-order valence-corrected chi connectivity index (χ0v) is 63.6. The number of phosphoric ester groups is 2. The number of carbonyl (C=O) groups excluding carboxylic acids is 4. The Balaban J connectivity index is 5.14. The number of unbranched alkanes of at least 4 members (excludes halogenated alkanes) is 48. The van der Waals surface area contributed by atoms with Gasteiger partial charge in [0.2, 0.25) is 0 Å². The minimum atomic E-state index is -4.96. The molecule has 0 amide bonds. The predicted molar refractivity (Wildman–Crippen MR) is 386 cm³/mol. The van der Waals surface area contributed by atoms with Crippen molar-refractivity contribution in [1.29, 1.82) is 0 Å². The minimum Gasteiger partial charge on any atom is -0.462 e. The number of hydrogen-bond donors (Lipinski definition) is 3. The molecule has 5 atom stereocenters. The van der Waals surface area contributed by atoms with Crippen LogP contribution in [0.25, 0.3) is 0 Å². The zero-order valence-electron chi connectivity index (χ0n) is 61.8. The number of rotatable bonds is 76. The molecule has 2 unspecified atom stereocenters. The Labute approximate surface area is 581 Å². The third kappa shape index (κ3) is 70.3. The molecule has 0 bridgehead atoms. The predicted octanol–water partition coefficient (Wildman–Crippen LogP) is 22.5. The van der Waals surface area contributed by atoms with Crippen LogP contribution in [0.5, 0.6) is 0 Å². The Kier molecular flexibility index (Phi) is 67.7. The monoisotopic (exact) mass is 1400 g/mol. The molecule has 0 aromatic heterocycles. The van der Waals surface area contributed by atoms with Gasteiger partial charge in [0.15, 0.2) is 12.2 Å². The van der Waals surface area contributed by atoms with Crippen LogP contribution in [0, 0.1) is 5.92 Å². The van der Waals surface area contributed by atoms with Crippen molar-refractivity contribution in [2.45, 2.75) is 419 Å². The van der Waals surface area contributed by atoms with E-state index >= 15 is 0 Å². The van der Waals surface area contributed by atoms with E-state index in [1.165, 1.54) is 212 Å². The summed E-state index contributed by atoms with van der Waals surface area (Å²) < 4.78 is 68.4. The van der Waals surface area contributed by atoms with Gasteiger partial charge in [-0.3, -0.25) is 37.3 Å². The molecular formula is C76H148O17P2. The molecule has 0 aliphatic carbocycles. The summed E-state index contributed by atoms with van der Waals surface area (Å²) in [7, 11) is -9.90. The van der Waals surface area contributed by atoms with Crippen LogP contribution in [0.2, 0.25) is 0 Å². The molecule has 0 aliphatic heterocycles. The third-order valence-electron chi connectivity index (χ3n) is 17.8. The number of aliphatic hydroxyl groups excluding tert-OH is 1. The van der Waals surface area contributed by atoms with E-state index < -0.39 is 97.5 Å². The summed E-state index contributed by atoms with van der Waals surface area (Å²) >= 11 is 0.